The van der Waals surface area contributed by atoms with Gasteiger partial charge in [0.05, 0.1) is 0 Å². The van der Waals surface area contributed by atoms with Gasteiger partial charge in [-0.25, -0.2) is 0 Å². The van der Waals surface area contributed by atoms with E-state index in [2.05, 4.69) is 6.92 Å². The molecule has 0 bridgehead atoms. The van der Waals surface area contributed by atoms with Crippen molar-refractivity contribution in [1.82, 2.24) is 0 Å². The number of hydrogen-bond acceptors (Lipinski definition) is 2. The van der Waals surface area contributed by atoms with Gasteiger partial charge in [-0.3, -0.25) is 0 Å². The van der Waals surface area contributed by atoms with Crippen molar-refractivity contribution in [2.75, 3.05) is 0 Å². The molecule has 1 rings (SSSR count). The highest BCUT2D eigenvalue weighted by Crippen LogP contribution is 2.45. The Labute approximate surface area is 68.2 Å². The summed E-state index contributed by atoms with van der Waals surface area (Å²) in [6, 6.07) is 0. The van der Waals surface area contributed by atoms with E-state index in [1.54, 1.807) is 0 Å². The topological polar surface area (TPSA) is 40.5 Å². The van der Waals surface area contributed by atoms with Crippen molar-refractivity contribution in [3.8, 4) is 0 Å². The second-order valence-electron chi connectivity index (χ2n) is 4.33. The zero-order valence-corrected chi connectivity index (χ0v) is 7.59. The summed E-state index contributed by atoms with van der Waals surface area (Å²) in [5, 5.41) is 19.3. The highest BCUT2D eigenvalue weighted by atomic mass is 16.5. The molecule has 2 N–H and O–H groups in total. The first-order chi connectivity index (χ1) is 4.88. The number of hydrogen-bond donors (Lipinski definition) is 2. The van der Waals surface area contributed by atoms with Crippen LogP contribution in [0.2, 0.25) is 0 Å². The van der Waals surface area contributed by atoms with Crippen molar-refractivity contribution in [2.45, 2.75) is 45.8 Å². The average Bonchev–Trinajstić information content (AvgIpc) is 1.84. The molecule has 0 aliphatic heterocycles. The minimum atomic E-state index is -1.45. The minimum absolute atomic E-state index is 0.356. The lowest BCUT2D eigenvalue weighted by atomic mass is 9.65. The smallest absolute Gasteiger partial charge is 0.167 e. The first-order valence-electron chi connectivity index (χ1n) is 4.33. The van der Waals surface area contributed by atoms with E-state index in [-0.39, 0.29) is 5.41 Å². The molecule has 1 unspecified atom stereocenters. The maximum absolute atomic E-state index is 9.63. The molecule has 1 fully saturated rings. The van der Waals surface area contributed by atoms with Crippen LogP contribution >= 0.6 is 0 Å². The Kier molecular flexibility index (Phi) is 2.01. The second-order valence-corrected chi connectivity index (χ2v) is 4.33. The molecular formula is C9H18O2. The first kappa shape index (κ1) is 9.01. The molecule has 0 aromatic rings. The van der Waals surface area contributed by atoms with Crippen molar-refractivity contribution < 1.29 is 10.2 Å². The van der Waals surface area contributed by atoms with E-state index in [4.69, 9.17) is 0 Å². The number of aliphatic hydroxyl groups is 2. The Balaban J connectivity index is 2.82. The van der Waals surface area contributed by atoms with Gasteiger partial charge in [0.25, 0.3) is 0 Å². The summed E-state index contributed by atoms with van der Waals surface area (Å²) in [4.78, 5) is 0. The van der Waals surface area contributed by atoms with Gasteiger partial charge in [0, 0.05) is 11.8 Å². The molecule has 66 valence electrons. The van der Waals surface area contributed by atoms with E-state index in [0.29, 0.717) is 12.3 Å². The molecule has 2 nitrogen and oxygen atoms in total. The maximum Gasteiger partial charge on any atom is 0.167 e. The standard InChI is InChI=1S/C9H18O2/c1-7-5-4-6-9(10,11)8(7,2)3/h7,10-11H,4-6H2,1-3H3. The summed E-state index contributed by atoms with van der Waals surface area (Å²) in [7, 11) is 0. The van der Waals surface area contributed by atoms with Crippen molar-refractivity contribution >= 4 is 0 Å². The second kappa shape index (κ2) is 2.46. The quantitative estimate of drug-likeness (QED) is 0.525. The molecule has 0 aromatic heterocycles. The Bertz CT molecular complexity index is 150. The molecule has 0 aromatic carbocycles. The third-order valence-corrected chi connectivity index (χ3v) is 3.43. The molecule has 11 heavy (non-hydrogen) atoms. The van der Waals surface area contributed by atoms with Crippen molar-refractivity contribution in [2.24, 2.45) is 11.3 Å². The summed E-state index contributed by atoms with van der Waals surface area (Å²) in [5.74, 6) is -1.06. The van der Waals surface area contributed by atoms with Gasteiger partial charge in [0.15, 0.2) is 5.79 Å². The fourth-order valence-electron chi connectivity index (χ4n) is 1.73. The van der Waals surface area contributed by atoms with Crippen LogP contribution in [-0.2, 0) is 0 Å². The lowest BCUT2D eigenvalue weighted by Crippen LogP contribution is -2.51. The summed E-state index contributed by atoms with van der Waals surface area (Å²) < 4.78 is 0. The van der Waals surface area contributed by atoms with Gasteiger partial charge < -0.3 is 10.2 Å². The fraction of sp³-hybridized carbons (Fsp3) is 1.00. The zero-order chi connectivity index (χ0) is 8.70. The Hall–Kier alpha value is -0.0800. The van der Waals surface area contributed by atoms with Crippen LogP contribution in [0.5, 0.6) is 0 Å². The van der Waals surface area contributed by atoms with Gasteiger partial charge >= 0.3 is 0 Å². The van der Waals surface area contributed by atoms with Gasteiger partial charge in [-0.05, 0) is 18.8 Å². The third-order valence-electron chi connectivity index (χ3n) is 3.43. The van der Waals surface area contributed by atoms with Crippen molar-refractivity contribution in [3.63, 3.8) is 0 Å². The Morgan fingerprint density at radius 2 is 1.82 bits per heavy atom. The Morgan fingerprint density at radius 1 is 1.27 bits per heavy atom. The monoisotopic (exact) mass is 158 g/mol. The maximum atomic E-state index is 9.63. The fourth-order valence-corrected chi connectivity index (χ4v) is 1.73. The van der Waals surface area contributed by atoms with E-state index in [1.807, 2.05) is 13.8 Å². The zero-order valence-electron chi connectivity index (χ0n) is 7.59. The summed E-state index contributed by atoms with van der Waals surface area (Å²) in [5.41, 5.74) is -0.356. The normalized spacial score (nSPS) is 35.2. The van der Waals surface area contributed by atoms with Crippen molar-refractivity contribution in [1.29, 1.82) is 0 Å². The first-order valence-corrected chi connectivity index (χ1v) is 4.33. The van der Waals surface area contributed by atoms with E-state index < -0.39 is 5.79 Å². The van der Waals surface area contributed by atoms with Gasteiger partial charge in [-0.1, -0.05) is 20.8 Å². The SMILES string of the molecule is CC1CCCC(O)(O)C1(C)C. The molecule has 1 aliphatic rings. The summed E-state index contributed by atoms with van der Waals surface area (Å²) in [6.45, 7) is 5.94. The van der Waals surface area contributed by atoms with Crippen LogP contribution in [-0.4, -0.2) is 16.0 Å². The largest absolute Gasteiger partial charge is 0.365 e. The molecule has 0 spiro atoms. The van der Waals surface area contributed by atoms with E-state index in [0.717, 1.165) is 12.8 Å². The van der Waals surface area contributed by atoms with Gasteiger partial charge in [0.2, 0.25) is 0 Å². The Morgan fingerprint density at radius 3 is 2.18 bits per heavy atom. The van der Waals surface area contributed by atoms with E-state index >= 15 is 0 Å². The minimum Gasteiger partial charge on any atom is -0.365 e. The molecule has 0 radical (unpaired) electrons. The predicted octanol–water partition coefficient (Wildman–Crippen LogP) is 1.51. The molecule has 0 amide bonds. The average molecular weight is 158 g/mol. The highest BCUT2D eigenvalue weighted by Gasteiger charge is 2.47. The van der Waals surface area contributed by atoms with Crippen molar-refractivity contribution in [3.05, 3.63) is 0 Å². The van der Waals surface area contributed by atoms with Gasteiger partial charge in [-0.15, -0.1) is 0 Å². The van der Waals surface area contributed by atoms with Crippen LogP contribution in [0.15, 0.2) is 0 Å². The molecule has 1 aliphatic carbocycles. The molecule has 1 atom stereocenters. The van der Waals surface area contributed by atoms with E-state index in [9.17, 15) is 10.2 Å². The number of rotatable bonds is 0. The molecular weight excluding hydrogens is 140 g/mol. The molecule has 2 heteroatoms. The van der Waals surface area contributed by atoms with Crippen LogP contribution < -0.4 is 0 Å². The predicted molar refractivity (Wildman–Crippen MR) is 44.0 cm³/mol. The van der Waals surface area contributed by atoms with Crippen LogP contribution in [0.1, 0.15) is 40.0 Å². The molecule has 0 saturated heterocycles. The molecule has 1 saturated carbocycles. The van der Waals surface area contributed by atoms with Crippen LogP contribution in [0.4, 0.5) is 0 Å². The van der Waals surface area contributed by atoms with Crippen LogP contribution in [0, 0.1) is 11.3 Å². The van der Waals surface area contributed by atoms with Crippen LogP contribution in [0.25, 0.3) is 0 Å². The lowest BCUT2D eigenvalue weighted by Gasteiger charge is -2.46. The van der Waals surface area contributed by atoms with Crippen LogP contribution in [0.3, 0.4) is 0 Å². The lowest BCUT2D eigenvalue weighted by molar-refractivity contribution is -0.264. The molecule has 0 heterocycles. The summed E-state index contributed by atoms with van der Waals surface area (Å²) in [6.07, 6.45) is 2.55. The highest BCUT2D eigenvalue weighted by molar-refractivity contribution is 4.91. The summed E-state index contributed by atoms with van der Waals surface area (Å²) >= 11 is 0. The van der Waals surface area contributed by atoms with Gasteiger partial charge in [0.1, 0.15) is 0 Å². The van der Waals surface area contributed by atoms with Gasteiger partial charge in [-0.2, -0.15) is 0 Å². The van der Waals surface area contributed by atoms with E-state index in [1.165, 1.54) is 0 Å². The third kappa shape index (κ3) is 1.30.